The van der Waals surface area contributed by atoms with Gasteiger partial charge in [0, 0.05) is 61.8 Å². The summed E-state index contributed by atoms with van der Waals surface area (Å²) in [6, 6.07) is 3.65. The summed E-state index contributed by atoms with van der Waals surface area (Å²) in [7, 11) is 1.73. The lowest BCUT2D eigenvalue weighted by molar-refractivity contribution is 0.00699. The number of carbonyl (C=O) groups is 2. The molecule has 210 valence electrons. The molecule has 3 aromatic rings. The van der Waals surface area contributed by atoms with Crippen LogP contribution in [-0.4, -0.2) is 58.9 Å². The minimum absolute atomic E-state index is 0.329. The van der Waals surface area contributed by atoms with Crippen LogP contribution < -0.4 is 10.6 Å². The number of aromatic amines is 1. The second-order valence-electron chi connectivity index (χ2n) is 11.2. The van der Waals surface area contributed by atoms with E-state index in [4.69, 9.17) is 9.47 Å². The molecule has 0 saturated carbocycles. The maximum absolute atomic E-state index is 13.2. The van der Waals surface area contributed by atoms with Gasteiger partial charge in [0.05, 0.1) is 12.2 Å². The number of nitrogens with one attached hydrogen (secondary N) is 3. The summed E-state index contributed by atoms with van der Waals surface area (Å²) in [5, 5.41) is 6.63. The molecule has 2 aliphatic rings. The Kier molecular flexibility index (Phi) is 8.16. The van der Waals surface area contributed by atoms with Gasteiger partial charge < -0.3 is 24.3 Å². The highest BCUT2D eigenvalue weighted by molar-refractivity contribution is 7.17. The Hall–Kier alpha value is -3.08. The highest BCUT2D eigenvalue weighted by Gasteiger charge is 2.30. The van der Waals surface area contributed by atoms with Crippen molar-refractivity contribution >= 4 is 28.3 Å². The number of fused-ring (bicyclic) bond motifs is 2. The van der Waals surface area contributed by atoms with E-state index in [2.05, 4.69) is 25.1 Å². The first-order valence-corrected chi connectivity index (χ1v) is 14.5. The third-order valence-corrected chi connectivity index (χ3v) is 8.45. The molecule has 1 aliphatic carbocycles. The molecular weight excluding hydrogens is 514 g/mol. The minimum Gasteiger partial charge on any atom is -0.456 e. The Bertz CT molecular complexity index is 1320. The number of thiophene rings is 1. The lowest BCUT2D eigenvalue weighted by Crippen LogP contribution is -2.34. The number of methoxy groups -OCH3 is 1. The molecule has 0 bridgehead atoms. The fourth-order valence-corrected chi connectivity index (χ4v) is 6.72. The Balaban J connectivity index is 1.34. The summed E-state index contributed by atoms with van der Waals surface area (Å²) < 4.78 is 13.0. The van der Waals surface area contributed by atoms with E-state index in [0.717, 1.165) is 68.7 Å². The van der Waals surface area contributed by atoms with Gasteiger partial charge in [0.25, 0.3) is 0 Å². The highest BCUT2D eigenvalue weighted by Crippen LogP contribution is 2.39. The molecule has 0 saturated heterocycles. The number of hydrogen-bond acceptors (Lipinski definition) is 6. The Morgan fingerprint density at radius 1 is 1.10 bits per heavy atom. The monoisotopic (exact) mass is 553 g/mol. The van der Waals surface area contributed by atoms with E-state index in [1.807, 2.05) is 45.3 Å². The zero-order chi connectivity index (χ0) is 27.6. The van der Waals surface area contributed by atoms with Crippen molar-refractivity contribution in [2.45, 2.75) is 71.6 Å². The number of hydrogen-bond donors (Lipinski definition) is 3. The molecule has 4 heterocycles. The Morgan fingerprint density at radius 2 is 1.87 bits per heavy atom. The zero-order valence-electron chi connectivity index (χ0n) is 23.3. The third kappa shape index (κ3) is 6.23. The SMILES string of the molecule is COCCN1CCc2c([nH]c(-n3cccc3)c2CNC(=O)Nc2sc3c(c2C(=O)OC(C)(C)C)CCCC3)C1. The topological polar surface area (TPSA) is 101 Å². The van der Waals surface area contributed by atoms with Crippen molar-refractivity contribution in [1.29, 1.82) is 0 Å². The molecule has 2 amide bonds. The lowest BCUT2D eigenvalue weighted by Gasteiger charge is -2.26. The standard InChI is InChI=1S/C29H39N5O4S/c1-29(2,3)38-27(35)24-20-9-5-6-10-23(20)39-26(24)32-28(36)30-17-21-19-11-14-33(15-16-37-4)18-22(19)31-25(21)34-12-7-8-13-34/h7-8,12-13,31H,5-6,9-11,14-18H2,1-4H3,(H2,30,32,36). The van der Waals surface area contributed by atoms with Crippen LogP contribution in [0.3, 0.4) is 0 Å². The van der Waals surface area contributed by atoms with Crippen LogP contribution in [0.1, 0.15) is 71.2 Å². The van der Waals surface area contributed by atoms with Crippen LogP contribution in [0, 0.1) is 0 Å². The van der Waals surface area contributed by atoms with Crippen molar-refractivity contribution in [3.8, 4) is 5.82 Å². The molecule has 3 N–H and O–H groups in total. The van der Waals surface area contributed by atoms with Gasteiger partial charge in [-0.1, -0.05) is 0 Å². The van der Waals surface area contributed by atoms with Crippen LogP contribution >= 0.6 is 11.3 Å². The summed E-state index contributed by atoms with van der Waals surface area (Å²) >= 11 is 1.50. The van der Waals surface area contributed by atoms with Gasteiger partial charge in [-0.2, -0.15) is 0 Å². The van der Waals surface area contributed by atoms with Crippen molar-refractivity contribution in [2.24, 2.45) is 0 Å². The van der Waals surface area contributed by atoms with Gasteiger partial charge in [-0.3, -0.25) is 10.2 Å². The summed E-state index contributed by atoms with van der Waals surface area (Å²) in [4.78, 5) is 33.5. The molecule has 9 nitrogen and oxygen atoms in total. The van der Waals surface area contributed by atoms with Crippen LogP contribution in [0.15, 0.2) is 24.5 Å². The van der Waals surface area contributed by atoms with E-state index < -0.39 is 5.60 Å². The highest BCUT2D eigenvalue weighted by atomic mass is 32.1. The molecule has 0 aromatic carbocycles. The number of esters is 1. The van der Waals surface area contributed by atoms with Crippen molar-refractivity contribution in [3.63, 3.8) is 0 Å². The van der Waals surface area contributed by atoms with E-state index in [-0.39, 0.29) is 12.0 Å². The molecule has 0 radical (unpaired) electrons. The smallest absolute Gasteiger partial charge is 0.341 e. The van der Waals surface area contributed by atoms with Crippen LogP contribution in [0.25, 0.3) is 5.82 Å². The van der Waals surface area contributed by atoms with Gasteiger partial charge >= 0.3 is 12.0 Å². The second-order valence-corrected chi connectivity index (χ2v) is 12.3. The number of amides is 2. The second kappa shape index (κ2) is 11.6. The largest absolute Gasteiger partial charge is 0.456 e. The van der Waals surface area contributed by atoms with Crippen LogP contribution in [0.4, 0.5) is 9.80 Å². The normalized spacial score (nSPS) is 15.5. The van der Waals surface area contributed by atoms with Gasteiger partial charge in [-0.25, -0.2) is 9.59 Å². The first kappa shape index (κ1) is 27.5. The molecule has 1 aliphatic heterocycles. The fourth-order valence-electron chi connectivity index (χ4n) is 5.45. The van der Waals surface area contributed by atoms with Crippen molar-refractivity contribution in [2.75, 3.05) is 32.1 Å². The number of anilines is 1. The quantitative estimate of drug-likeness (QED) is 0.340. The number of aryl methyl sites for hydroxylation is 1. The van der Waals surface area contributed by atoms with Crippen LogP contribution in [0.2, 0.25) is 0 Å². The number of aromatic nitrogens is 2. The van der Waals surface area contributed by atoms with Crippen LogP contribution in [0.5, 0.6) is 0 Å². The predicted molar refractivity (Wildman–Crippen MR) is 153 cm³/mol. The van der Waals surface area contributed by atoms with Gasteiger partial charge in [-0.05, 0) is 76.1 Å². The maximum atomic E-state index is 13.2. The summed E-state index contributed by atoms with van der Waals surface area (Å²) in [5.74, 6) is 0.602. The van der Waals surface area contributed by atoms with Gasteiger partial charge in [0.2, 0.25) is 0 Å². The maximum Gasteiger partial charge on any atom is 0.341 e. The third-order valence-electron chi connectivity index (χ3n) is 7.24. The zero-order valence-corrected chi connectivity index (χ0v) is 24.1. The average molecular weight is 554 g/mol. The molecule has 0 spiro atoms. The summed E-state index contributed by atoms with van der Waals surface area (Å²) in [6.07, 6.45) is 8.80. The Labute approximate surface area is 233 Å². The predicted octanol–water partition coefficient (Wildman–Crippen LogP) is 5.03. The van der Waals surface area contributed by atoms with E-state index in [9.17, 15) is 9.59 Å². The number of ether oxygens (including phenoxy) is 2. The number of nitrogens with zero attached hydrogens (tertiary/aromatic N) is 2. The number of H-pyrrole nitrogens is 1. The minimum atomic E-state index is -0.610. The molecule has 39 heavy (non-hydrogen) atoms. The van der Waals surface area contributed by atoms with E-state index in [0.29, 0.717) is 23.7 Å². The lowest BCUT2D eigenvalue weighted by atomic mass is 9.95. The molecular formula is C29H39N5O4S. The number of rotatable bonds is 8. The molecule has 5 rings (SSSR count). The van der Waals surface area contributed by atoms with E-state index in [1.165, 1.54) is 27.5 Å². The molecule has 0 unspecified atom stereocenters. The summed E-state index contributed by atoms with van der Waals surface area (Å²) in [6.45, 7) is 9.30. The number of carbonyl (C=O) groups excluding carboxylic acids is 2. The van der Waals surface area contributed by atoms with Gasteiger partial charge in [-0.15, -0.1) is 11.3 Å². The average Bonchev–Trinajstić information content (AvgIpc) is 3.61. The Morgan fingerprint density at radius 3 is 2.62 bits per heavy atom. The van der Waals surface area contributed by atoms with Crippen molar-refractivity contribution < 1.29 is 19.1 Å². The van der Waals surface area contributed by atoms with Crippen molar-refractivity contribution in [1.82, 2.24) is 19.8 Å². The van der Waals surface area contributed by atoms with Gasteiger partial charge in [0.1, 0.15) is 16.4 Å². The number of urea groups is 1. The van der Waals surface area contributed by atoms with Crippen molar-refractivity contribution in [3.05, 3.63) is 57.4 Å². The fraction of sp³-hybridized carbons (Fsp3) is 0.517. The van der Waals surface area contributed by atoms with E-state index >= 15 is 0 Å². The first-order valence-electron chi connectivity index (χ1n) is 13.7. The van der Waals surface area contributed by atoms with Crippen LogP contribution in [-0.2, 0) is 41.8 Å². The molecule has 0 atom stereocenters. The summed E-state index contributed by atoms with van der Waals surface area (Å²) in [5.41, 5.74) is 4.46. The first-order chi connectivity index (χ1) is 18.7. The van der Waals surface area contributed by atoms with Gasteiger partial charge in [0.15, 0.2) is 0 Å². The molecule has 3 aromatic heterocycles. The molecule has 0 fully saturated rings. The van der Waals surface area contributed by atoms with E-state index in [1.54, 1.807) is 7.11 Å². The molecule has 10 heteroatoms.